The van der Waals surface area contributed by atoms with Gasteiger partial charge < -0.3 is 0 Å². The third-order valence-corrected chi connectivity index (χ3v) is 8.49. The number of amides is 1. The summed E-state index contributed by atoms with van der Waals surface area (Å²) in [6.07, 6.45) is -7.32. The van der Waals surface area contributed by atoms with Crippen LogP contribution in [0.5, 0.6) is 0 Å². The van der Waals surface area contributed by atoms with Gasteiger partial charge in [0.2, 0.25) is 10.0 Å². The van der Waals surface area contributed by atoms with Crippen LogP contribution in [0.2, 0.25) is 0 Å². The summed E-state index contributed by atoms with van der Waals surface area (Å²) in [7, 11) is -4.50. The Kier molecular flexibility index (Phi) is 9.21. The smallest absolute Gasteiger partial charge is 0.272 e. The first kappa shape index (κ1) is 33.7. The quantitative estimate of drug-likeness (QED) is 0.181. The summed E-state index contributed by atoms with van der Waals surface area (Å²) >= 11 is 0. The molecule has 1 amide bonds. The number of carbonyl (C=O) groups excluding carboxylic acids is 1. The maximum absolute atomic E-state index is 14.2. The fourth-order valence-electron chi connectivity index (χ4n) is 4.93. The van der Waals surface area contributed by atoms with Crippen LogP contribution in [0.3, 0.4) is 0 Å². The minimum atomic E-state index is -5.16. The Hall–Kier alpha value is -4.19. The second-order valence-electron chi connectivity index (χ2n) is 11.2. The summed E-state index contributed by atoms with van der Waals surface area (Å²) in [4.78, 5) is 18.6. The maximum atomic E-state index is 14.2. The summed E-state index contributed by atoms with van der Waals surface area (Å²) in [6, 6.07) is 19.0. The molecule has 1 aromatic heterocycles. The second-order valence-corrected chi connectivity index (χ2v) is 13.1. The van der Waals surface area contributed by atoms with Crippen molar-refractivity contribution in [1.29, 1.82) is 0 Å². The minimum absolute atomic E-state index is 0.0488. The number of aryl methyl sites for hydroxylation is 3. The molecule has 0 saturated carbocycles. The molecule has 45 heavy (non-hydrogen) atoms. The predicted molar refractivity (Wildman–Crippen MR) is 160 cm³/mol. The molecule has 0 aliphatic carbocycles. The van der Waals surface area contributed by atoms with E-state index in [2.05, 4.69) is 4.98 Å². The molecule has 238 valence electrons. The number of halogens is 6. The van der Waals surface area contributed by atoms with E-state index in [1.165, 1.54) is 6.20 Å². The molecule has 0 atom stereocenters. The van der Waals surface area contributed by atoms with Gasteiger partial charge in [0.1, 0.15) is 0 Å². The summed E-state index contributed by atoms with van der Waals surface area (Å²) in [6.45, 7) is 3.94. The van der Waals surface area contributed by atoms with Gasteiger partial charge >= 0.3 is 12.4 Å². The van der Waals surface area contributed by atoms with Crippen LogP contribution in [-0.2, 0) is 45.4 Å². The molecule has 4 aromatic rings. The topological polar surface area (TPSA) is 67.3 Å². The summed E-state index contributed by atoms with van der Waals surface area (Å²) in [5, 5.41) is 0. The molecule has 0 aliphatic rings. The average Bonchev–Trinajstić information content (AvgIpc) is 2.95. The highest BCUT2D eigenvalue weighted by molar-refractivity contribution is 7.92. The molecule has 0 radical (unpaired) electrons. The van der Waals surface area contributed by atoms with Crippen molar-refractivity contribution in [3.05, 3.63) is 119 Å². The monoisotopic (exact) mass is 648 g/mol. The number of hydrogen-bond donors (Lipinski definition) is 0. The molecule has 0 N–H and O–H groups in total. The van der Waals surface area contributed by atoms with Gasteiger partial charge in [-0.15, -0.1) is 0 Å². The lowest BCUT2D eigenvalue weighted by Gasteiger charge is -2.32. The van der Waals surface area contributed by atoms with E-state index in [4.69, 9.17) is 0 Å². The highest BCUT2D eigenvalue weighted by atomic mass is 32.2. The van der Waals surface area contributed by atoms with Gasteiger partial charge in [-0.25, -0.2) is 12.7 Å². The number of rotatable bonds is 8. The third kappa shape index (κ3) is 7.55. The third-order valence-electron chi connectivity index (χ3n) is 7.47. The van der Waals surface area contributed by atoms with Gasteiger partial charge in [0.25, 0.3) is 5.91 Å². The van der Waals surface area contributed by atoms with Crippen LogP contribution in [0.25, 0.3) is 11.1 Å². The number of sulfonamides is 1. The van der Waals surface area contributed by atoms with Crippen LogP contribution in [-0.4, -0.2) is 25.6 Å². The number of benzene rings is 3. The van der Waals surface area contributed by atoms with Gasteiger partial charge in [-0.3, -0.25) is 9.78 Å². The van der Waals surface area contributed by atoms with E-state index in [0.717, 1.165) is 31.2 Å². The van der Waals surface area contributed by atoms with Gasteiger partial charge in [0.15, 0.2) is 0 Å². The summed E-state index contributed by atoms with van der Waals surface area (Å²) < 4.78 is 109. The lowest BCUT2D eigenvalue weighted by Crippen LogP contribution is -2.47. The number of aromatic nitrogens is 1. The lowest BCUT2D eigenvalue weighted by molar-refractivity contribution is -0.143. The molecule has 5 nitrogen and oxygen atoms in total. The molecule has 12 heteroatoms. The molecular weight excluding hydrogens is 618 g/mol. The second kappa shape index (κ2) is 12.3. The Morgan fingerprint density at radius 3 is 1.82 bits per heavy atom. The molecule has 0 unspecified atom stereocenters. The standard InChI is InChI=1S/C33H30F6N2O3S/c1-21-10-8-9-13-27(21)28-19-26(15-14-22-11-6-5-7-12-22)40-20-29(28)41(45(4,43)44)30(42)31(2,3)23-16-24(32(34,35)36)18-25(17-23)33(37,38)39/h5-13,16-20H,14-15H2,1-4H3. The van der Waals surface area contributed by atoms with E-state index in [9.17, 15) is 39.6 Å². The average molecular weight is 649 g/mol. The normalized spacial score (nSPS) is 12.7. The zero-order chi connectivity index (χ0) is 33.4. The van der Waals surface area contributed by atoms with Crippen LogP contribution < -0.4 is 4.31 Å². The van der Waals surface area contributed by atoms with Gasteiger partial charge in [-0.2, -0.15) is 26.3 Å². The summed E-state index contributed by atoms with van der Waals surface area (Å²) in [5.41, 5.74) is -3.04. The van der Waals surface area contributed by atoms with E-state index in [1.807, 2.05) is 30.3 Å². The Labute approximate surface area is 257 Å². The Morgan fingerprint density at radius 2 is 1.29 bits per heavy atom. The fraction of sp³-hybridized carbons (Fsp3) is 0.273. The van der Waals surface area contributed by atoms with Crippen molar-refractivity contribution in [3.8, 4) is 11.1 Å². The van der Waals surface area contributed by atoms with Crippen molar-refractivity contribution in [2.24, 2.45) is 0 Å². The number of pyridine rings is 1. The van der Waals surface area contributed by atoms with Gasteiger partial charge in [0.05, 0.1) is 34.7 Å². The fourth-order valence-corrected chi connectivity index (χ4v) is 5.96. The van der Waals surface area contributed by atoms with Crippen LogP contribution in [0.15, 0.2) is 85.1 Å². The number of carbonyl (C=O) groups is 1. The van der Waals surface area contributed by atoms with Crippen molar-refractivity contribution in [2.75, 3.05) is 10.6 Å². The molecule has 0 saturated heterocycles. The van der Waals surface area contributed by atoms with E-state index in [-0.39, 0.29) is 11.8 Å². The maximum Gasteiger partial charge on any atom is 0.416 e. The molecule has 4 rings (SSSR count). The SMILES string of the molecule is Cc1ccccc1-c1cc(CCc2ccccc2)ncc1N(C(=O)C(C)(C)c1cc(C(F)(F)F)cc(C(F)(F)F)c1)S(C)(=O)=O. The zero-order valence-electron chi connectivity index (χ0n) is 24.8. The van der Waals surface area contributed by atoms with Gasteiger partial charge in [-0.05, 0) is 80.1 Å². The first-order valence-corrected chi connectivity index (χ1v) is 15.6. The zero-order valence-corrected chi connectivity index (χ0v) is 25.6. The van der Waals surface area contributed by atoms with Crippen LogP contribution >= 0.6 is 0 Å². The largest absolute Gasteiger partial charge is 0.416 e. The van der Waals surface area contributed by atoms with Gasteiger partial charge in [-0.1, -0.05) is 54.6 Å². The molecule has 0 aliphatic heterocycles. The van der Waals surface area contributed by atoms with Crippen LogP contribution in [0.1, 0.15) is 47.4 Å². The van der Waals surface area contributed by atoms with Gasteiger partial charge in [0, 0.05) is 11.3 Å². The van der Waals surface area contributed by atoms with E-state index < -0.39 is 50.4 Å². The Balaban J connectivity index is 1.89. The number of anilines is 1. The Bertz CT molecular complexity index is 1790. The lowest BCUT2D eigenvalue weighted by atomic mass is 9.81. The van der Waals surface area contributed by atoms with Crippen LogP contribution in [0.4, 0.5) is 32.0 Å². The van der Waals surface area contributed by atoms with Crippen molar-refractivity contribution in [3.63, 3.8) is 0 Å². The van der Waals surface area contributed by atoms with Crippen molar-refractivity contribution in [1.82, 2.24) is 4.98 Å². The first-order chi connectivity index (χ1) is 20.8. The molecule has 0 fully saturated rings. The van der Waals surface area contributed by atoms with Crippen LogP contribution in [0, 0.1) is 6.92 Å². The van der Waals surface area contributed by atoms with E-state index in [1.54, 1.807) is 37.3 Å². The number of alkyl halides is 6. The number of hydrogen-bond acceptors (Lipinski definition) is 4. The number of nitrogens with zero attached hydrogens (tertiary/aromatic N) is 2. The van der Waals surface area contributed by atoms with E-state index in [0.29, 0.717) is 46.1 Å². The Morgan fingerprint density at radius 1 is 0.756 bits per heavy atom. The predicted octanol–water partition coefficient (Wildman–Crippen LogP) is 8.15. The van der Waals surface area contributed by atoms with Crippen molar-refractivity contribution in [2.45, 2.75) is 51.4 Å². The highest BCUT2D eigenvalue weighted by Gasteiger charge is 2.44. The van der Waals surface area contributed by atoms with E-state index >= 15 is 0 Å². The molecular formula is C33H30F6N2O3S. The highest BCUT2D eigenvalue weighted by Crippen LogP contribution is 2.41. The van der Waals surface area contributed by atoms with Crippen molar-refractivity contribution < 1.29 is 39.6 Å². The molecule has 0 bridgehead atoms. The molecule has 3 aromatic carbocycles. The molecule has 0 spiro atoms. The first-order valence-electron chi connectivity index (χ1n) is 13.7. The van der Waals surface area contributed by atoms with Crippen molar-refractivity contribution >= 4 is 21.6 Å². The summed E-state index contributed by atoms with van der Waals surface area (Å²) in [5.74, 6) is -1.26. The minimum Gasteiger partial charge on any atom is -0.272 e. The molecule has 1 heterocycles.